The lowest BCUT2D eigenvalue weighted by molar-refractivity contribution is -0.148. The monoisotopic (exact) mass is 366 g/mol. The maximum atomic E-state index is 11.9. The van der Waals surface area contributed by atoms with Gasteiger partial charge in [0.1, 0.15) is 5.75 Å². The molecule has 6 nitrogen and oxygen atoms in total. The molecular weight excluding hydrogens is 344 g/mol. The zero-order chi connectivity index (χ0) is 19.2. The number of rotatable bonds is 7. The van der Waals surface area contributed by atoms with Crippen LogP contribution in [0.3, 0.4) is 0 Å². The van der Waals surface area contributed by atoms with Crippen LogP contribution < -0.4 is 4.74 Å². The third-order valence-corrected chi connectivity index (χ3v) is 4.06. The maximum Gasteiger partial charge on any atom is 0.344 e. The van der Waals surface area contributed by atoms with Crippen LogP contribution in [0.15, 0.2) is 52.9 Å². The summed E-state index contributed by atoms with van der Waals surface area (Å²) < 4.78 is 16.1. The number of benzene rings is 2. The van der Waals surface area contributed by atoms with E-state index in [1.807, 2.05) is 55.5 Å². The van der Waals surface area contributed by atoms with Gasteiger partial charge in [-0.2, -0.15) is 0 Å². The molecule has 0 N–H and O–H groups in total. The standard InChI is InChI=1S/C21H22N2O4/c1-14(2)18-10-9-17(11-15(18)3)25-13-20(24)26-12-19-22-23-21(27-19)16-7-5-4-6-8-16/h4-11,14H,12-13H2,1-3H3. The molecule has 0 unspecified atom stereocenters. The summed E-state index contributed by atoms with van der Waals surface area (Å²) in [4.78, 5) is 11.9. The van der Waals surface area contributed by atoms with Gasteiger partial charge in [0.25, 0.3) is 5.89 Å². The fourth-order valence-corrected chi connectivity index (χ4v) is 2.72. The second-order valence-corrected chi connectivity index (χ2v) is 6.49. The van der Waals surface area contributed by atoms with Crippen LogP contribution in [0.5, 0.6) is 5.75 Å². The van der Waals surface area contributed by atoms with Crippen molar-refractivity contribution in [2.24, 2.45) is 0 Å². The van der Waals surface area contributed by atoms with Crippen molar-refractivity contribution in [3.8, 4) is 17.2 Å². The van der Waals surface area contributed by atoms with E-state index in [1.54, 1.807) is 0 Å². The van der Waals surface area contributed by atoms with Gasteiger partial charge in [0.15, 0.2) is 13.2 Å². The van der Waals surface area contributed by atoms with Crippen LogP contribution in [0.25, 0.3) is 11.5 Å². The van der Waals surface area contributed by atoms with Crippen LogP contribution in [0.2, 0.25) is 0 Å². The van der Waals surface area contributed by atoms with Crippen LogP contribution >= 0.6 is 0 Å². The van der Waals surface area contributed by atoms with Crippen LogP contribution in [0.4, 0.5) is 0 Å². The van der Waals surface area contributed by atoms with Gasteiger partial charge in [-0.15, -0.1) is 10.2 Å². The Morgan fingerprint density at radius 1 is 1.11 bits per heavy atom. The molecule has 0 atom stereocenters. The van der Waals surface area contributed by atoms with Crippen LogP contribution in [-0.2, 0) is 16.1 Å². The van der Waals surface area contributed by atoms with Gasteiger partial charge in [-0.05, 0) is 48.2 Å². The molecule has 0 fully saturated rings. The van der Waals surface area contributed by atoms with Gasteiger partial charge in [-0.1, -0.05) is 38.1 Å². The largest absolute Gasteiger partial charge is 0.482 e. The first-order chi connectivity index (χ1) is 13.0. The van der Waals surface area contributed by atoms with Gasteiger partial charge in [0.2, 0.25) is 5.89 Å². The molecule has 3 rings (SSSR count). The van der Waals surface area contributed by atoms with Gasteiger partial charge >= 0.3 is 5.97 Å². The molecule has 0 saturated carbocycles. The van der Waals surface area contributed by atoms with Crippen molar-refractivity contribution in [1.29, 1.82) is 0 Å². The third kappa shape index (κ3) is 4.94. The van der Waals surface area contributed by atoms with Crippen molar-refractivity contribution in [3.05, 3.63) is 65.5 Å². The van der Waals surface area contributed by atoms with E-state index in [-0.39, 0.29) is 19.1 Å². The second-order valence-electron chi connectivity index (χ2n) is 6.49. The number of hydrogen-bond donors (Lipinski definition) is 0. The van der Waals surface area contributed by atoms with Crippen molar-refractivity contribution in [1.82, 2.24) is 10.2 Å². The summed E-state index contributed by atoms with van der Waals surface area (Å²) in [7, 11) is 0. The summed E-state index contributed by atoms with van der Waals surface area (Å²) in [6.45, 7) is 6.04. The number of ether oxygens (including phenoxy) is 2. The van der Waals surface area contributed by atoms with Crippen molar-refractivity contribution >= 4 is 5.97 Å². The van der Waals surface area contributed by atoms with Crippen molar-refractivity contribution in [2.75, 3.05) is 6.61 Å². The average Bonchev–Trinajstić information content (AvgIpc) is 3.14. The van der Waals surface area contributed by atoms with Crippen molar-refractivity contribution < 1.29 is 18.7 Å². The van der Waals surface area contributed by atoms with E-state index in [0.29, 0.717) is 17.6 Å². The number of aromatic nitrogens is 2. The average molecular weight is 366 g/mol. The highest BCUT2D eigenvalue weighted by molar-refractivity contribution is 5.71. The van der Waals surface area contributed by atoms with E-state index >= 15 is 0 Å². The van der Waals surface area contributed by atoms with E-state index < -0.39 is 5.97 Å². The first-order valence-electron chi connectivity index (χ1n) is 8.79. The Bertz CT molecular complexity index is 904. The van der Waals surface area contributed by atoms with E-state index in [0.717, 1.165) is 11.1 Å². The molecule has 0 radical (unpaired) electrons. The van der Waals surface area contributed by atoms with Crippen molar-refractivity contribution in [2.45, 2.75) is 33.3 Å². The van der Waals surface area contributed by atoms with Gasteiger partial charge in [-0.25, -0.2) is 4.79 Å². The summed E-state index contributed by atoms with van der Waals surface area (Å²) in [5.74, 6) is 1.20. The number of esters is 1. The Kier molecular flexibility index (Phi) is 5.86. The van der Waals surface area contributed by atoms with Crippen LogP contribution in [0, 0.1) is 6.92 Å². The molecule has 0 bridgehead atoms. The summed E-state index contributed by atoms with van der Waals surface area (Å²) >= 11 is 0. The SMILES string of the molecule is Cc1cc(OCC(=O)OCc2nnc(-c3ccccc3)o2)ccc1C(C)C. The van der Waals surface area contributed by atoms with E-state index in [9.17, 15) is 4.79 Å². The zero-order valence-electron chi connectivity index (χ0n) is 15.6. The van der Waals surface area contributed by atoms with Gasteiger partial charge in [-0.3, -0.25) is 0 Å². The highest BCUT2D eigenvalue weighted by Crippen LogP contribution is 2.23. The van der Waals surface area contributed by atoms with E-state index in [2.05, 4.69) is 24.0 Å². The zero-order valence-corrected chi connectivity index (χ0v) is 15.6. The lowest BCUT2D eigenvalue weighted by atomic mass is 9.98. The molecule has 140 valence electrons. The lowest BCUT2D eigenvalue weighted by Gasteiger charge is -2.12. The number of carbonyl (C=O) groups is 1. The molecule has 0 aliphatic heterocycles. The number of hydrogen-bond acceptors (Lipinski definition) is 6. The number of aryl methyl sites for hydroxylation is 1. The predicted octanol–water partition coefficient (Wildman–Crippen LogP) is 4.29. The Hall–Kier alpha value is -3.15. The normalized spacial score (nSPS) is 10.8. The van der Waals surface area contributed by atoms with Crippen LogP contribution in [-0.4, -0.2) is 22.8 Å². The molecule has 2 aromatic carbocycles. The quantitative estimate of drug-likeness (QED) is 0.581. The highest BCUT2D eigenvalue weighted by atomic mass is 16.6. The van der Waals surface area contributed by atoms with E-state index in [1.165, 1.54) is 5.56 Å². The lowest BCUT2D eigenvalue weighted by Crippen LogP contribution is -2.15. The Morgan fingerprint density at radius 2 is 1.89 bits per heavy atom. The minimum Gasteiger partial charge on any atom is -0.482 e. The molecule has 0 saturated heterocycles. The van der Waals surface area contributed by atoms with Gasteiger partial charge < -0.3 is 13.9 Å². The Labute approximate surface area is 158 Å². The third-order valence-electron chi connectivity index (χ3n) is 4.06. The van der Waals surface area contributed by atoms with Crippen LogP contribution in [0.1, 0.15) is 36.8 Å². The summed E-state index contributed by atoms with van der Waals surface area (Å²) in [5.41, 5.74) is 3.21. The first-order valence-corrected chi connectivity index (χ1v) is 8.79. The fraction of sp³-hybridized carbons (Fsp3) is 0.286. The van der Waals surface area contributed by atoms with Crippen molar-refractivity contribution in [3.63, 3.8) is 0 Å². The molecule has 3 aromatic rings. The fourth-order valence-electron chi connectivity index (χ4n) is 2.72. The molecule has 0 aliphatic rings. The Morgan fingerprint density at radius 3 is 2.59 bits per heavy atom. The summed E-state index contributed by atoms with van der Waals surface area (Å²) in [6.07, 6.45) is 0. The topological polar surface area (TPSA) is 74.5 Å². The number of carbonyl (C=O) groups excluding carboxylic acids is 1. The molecule has 1 aromatic heterocycles. The molecule has 27 heavy (non-hydrogen) atoms. The maximum absolute atomic E-state index is 11.9. The highest BCUT2D eigenvalue weighted by Gasteiger charge is 2.12. The number of nitrogens with zero attached hydrogens (tertiary/aromatic N) is 2. The Balaban J connectivity index is 1.49. The molecule has 0 amide bonds. The minimum absolute atomic E-state index is 0.0899. The minimum atomic E-state index is -0.500. The second kappa shape index (κ2) is 8.49. The summed E-state index contributed by atoms with van der Waals surface area (Å²) in [6, 6.07) is 15.2. The summed E-state index contributed by atoms with van der Waals surface area (Å²) in [5, 5.41) is 7.84. The molecule has 1 heterocycles. The molecule has 0 aliphatic carbocycles. The molecule has 0 spiro atoms. The van der Waals surface area contributed by atoms with E-state index in [4.69, 9.17) is 13.9 Å². The van der Waals surface area contributed by atoms with Gasteiger partial charge in [0, 0.05) is 5.56 Å². The van der Waals surface area contributed by atoms with Gasteiger partial charge in [0.05, 0.1) is 0 Å². The predicted molar refractivity (Wildman–Crippen MR) is 100 cm³/mol. The smallest absolute Gasteiger partial charge is 0.344 e. The molecular formula is C21H22N2O4. The first kappa shape index (κ1) is 18.6. The molecule has 6 heteroatoms.